The van der Waals surface area contributed by atoms with Gasteiger partial charge in [-0.2, -0.15) is 5.10 Å². The van der Waals surface area contributed by atoms with E-state index in [-0.39, 0.29) is 36.8 Å². The Hall–Kier alpha value is -0.980. The summed E-state index contributed by atoms with van der Waals surface area (Å²) in [4.78, 5) is 16.0. The van der Waals surface area contributed by atoms with Crippen LogP contribution in [0.3, 0.4) is 0 Å². The predicted octanol–water partition coefficient (Wildman–Crippen LogP) is 0.650. The summed E-state index contributed by atoms with van der Waals surface area (Å²) in [5.74, 6) is 0.163. The van der Waals surface area contributed by atoms with Crippen LogP contribution in [0.1, 0.15) is 13.3 Å². The van der Waals surface area contributed by atoms with Crippen LogP contribution in [0, 0.1) is 0 Å². The zero-order valence-electron chi connectivity index (χ0n) is 11.9. The number of aryl methyl sites for hydroxylation is 1. The average molecular weight is 324 g/mol. The molecule has 1 fully saturated rings. The highest BCUT2D eigenvalue weighted by Crippen LogP contribution is 2.15. The van der Waals surface area contributed by atoms with Crippen molar-refractivity contribution in [3.63, 3.8) is 0 Å². The largest absolute Gasteiger partial charge is 0.365 e. The lowest BCUT2D eigenvalue weighted by Crippen LogP contribution is -2.49. The Bertz CT molecular complexity index is 416. The number of carbonyl (C=O) groups excluding carboxylic acids is 1. The van der Waals surface area contributed by atoms with E-state index in [2.05, 4.69) is 10.00 Å². The smallest absolute Gasteiger partial charge is 0.224 e. The maximum Gasteiger partial charge on any atom is 0.224 e. The molecule has 2 heterocycles. The number of carbonyl (C=O) groups is 1. The molecule has 20 heavy (non-hydrogen) atoms. The summed E-state index contributed by atoms with van der Waals surface area (Å²) >= 11 is 0. The van der Waals surface area contributed by atoms with E-state index in [9.17, 15) is 4.79 Å². The van der Waals surface area contributed by atoms with E-state index in [1.54, 1.807) is 4.68 Å². The van der Waals surface area contributed by atoms with Gasteiger partial charge in [0.15, 0.2) is 0 Å². The molecule has 0 aromatic carbocycles. The molecule has 1 amide bonds. The van der Waals surface area contributed by atoms with Crippen molar-refractivity contribution < 1.29 is 4.79 Å². The standard InChI is InChI=1S/C12H21N5O.2ClH/c1-10(13)7-12(18)17-5-3-16(4-6-17)11-8-14-15(2)9-11;;/h8-10H,3-7,13H2,1-2H3;2*1H. The van der Waals surface area contributed by atoms with Gasteiger partial charge in [-0.15, -0.1) is 24.8 Å². The molecule has 2 rings (SSSR count). The molecule has 2 N–H and O–H groups in total. The third-order valence-electron chi connectivity index (χ3n) is 3.19. The van der Waals surface area contributed by atoms with Gasteiger partial charge < -0.3 is 15.5 Å². The van der Waals surface area contributed by atoms with Gasteiger partial charge in [0, 0.05) is 51.9 Å². The molecular formula is C12H23Cl2N5O. The highest BCUT2D eigenvalue weighted by Gasteiger charge is 2.22. The molecule has 0 bridgehead atoms. The van der Waals surface area contributed by atoms with Crippen LogP contribution >= 0.6 is 24.8 Å². The van der Waals surface area contributed by atoms with Crippen LogP contribution in [0.25, 0.3) is 0 Å². The summed E-state index contributed by atoms with van der Waals surface area (Å²) in [5.41, 5.74) is 6.77. The van der Waals surface area contributed by atoms with Gasteiger partial charge in [0.05, 0.1) is 11.9 Å². The lowest BCUT2D eigenvalue weighted by atomic mass is 10.2. The summed E-state index contributed by atoms with van der Waals surface area (Å²) in [7, 11) is 1.91. The van der Waals surface area contributed by atoms with E-state index in [0.717, 1.165) is 31.9 Å². The maximum absolute atomic E-state index is 11.9. The SMILES string of the molecule is CC(N)CC(=O)N1CCN(c2cnn(C)c2)CC1.Cl.Cl. The first-order chi connectivity index (χ1) is 8.56. The van der Waals surface area contributed by atoms with Crippen LogP contribution in [0.15, 0.2) is 12.4 Å². The predicted molar refractivity (Wildman–Crippen MR) is 84.8 cm³/mol. The molecule has 0 spiro atoms. The molecule has 0 aliphatic carbocycles. The lowest BCUT2D eigenvalue weighted by Gasteiger charge is -2.35. The molecule has 1 aromatic rings. The second kappa shape index (κ2) is 8.34. The van der Waals surface area contributed by atoms with Crippen LogP contribution in [0.5, 0.6) is 0 Å². The van der Waals surface area contributed by atoms with E-state index >= 15 is 0 Å². The van der Waals surface area contributed by atoms with Gasteiger partial charge >= 0.3 is 0 Å². The third-order valence-corrected chi connectivity index (χ3v) is 3.19. The molecule has 1 unspecified atom stereocenters. The molecule has 0 saturated carbocycles. The minimum atomic E-state index is -0.0612. The van der Waals surface area contributed by atoms with Gasteiger partial charge in [-0.1, -0.05) is 0 Å². The van der Waals surface area contributed by atoms with Crippen molar-refractivity contribution in [2.24, 2.45) is 12.8 Å². The van der Waals surface area contributed by atoms with Gasteiger partial charge in [-0.25, -0.2) is 0 Å². The Morgan fingerprint density at radius 2 is 1.95 bits per heavy atom. The minimum Gasteiger partial charge on any atom is -0.365 e. The number of hydrogen-bond donors (Lipinski definition) is 1. The summed E-state index contributed by atoms with van der Waals surface area (Å²) in [6.45, 7) is 5.11. The van der Waals surface area contributed by atoms with Crippen molar-refractivity contribution in [2.45, 2.75) is 19.4 Å². The molecule has 1 atom stereocenters. The van der Waals surface area contributed by atoms with Crippen LogP contribution in [-0.4, -0.2) is 52.8 Å². The molecular weight excluding hydrogens is 301 g/mol. The number of hydrogen-bond acceptors (Lipinski definition) is 4. The maximum atomic E-state index is 11.9. The molecule has 0 radical (unpaired) electrons. The fraction of sp³-hybridized carbons (Fsp3) is 0.667. The summed E-state index contributed by atoms with van der Waals surface area (Å²) in [6.07, 6.45) is 4.30. The van der Waals surface area contributed by atoms with Crippen LogP contribution in [0.2, 0.25) is 0 Å². The van der Waals surface area contributed by atoms with Crippen molar-refractivity contribution >= 4 is 36.4 Å². The molecule has 8 heteroatoms. The zero-order valence-corrected chi connectivity index (χ0v) is 13.5. The monoisotopic (exact) mass is 323 g/mol. The van der Waals surface area contributed by atoms with Crippen molar-refractivity contribution in [1.29, 1.82) is 0 Å². The number of rotatable bonds is 3. The van der Waals surface area contributed by atoms with Gasteiger partial charge in [0.1, 0.15) is 0 Å². The van der Waals surface area contributed by atoms with E-state index in [0.29, 0.717) is 6.42 Å². The number of piperazine rings is 1. The molecule has 1 aromatic heterocycles. The summed E-state index contributed by atoms with van der Waals surface area (Å²) in [5, 5.41) is 4.16. The molecule has 116 valence electrons. The van der Waals surface area contributed by atoms with Crippen molar-refractivity contribution in [1.82, 2.24) is 14.7 Å². The van der Waals surface area contributed by atoms with Gasteiger partial charge in [-0.05, 0) is 6.92 Å². The molecule has 1 aliphatic rings. The lowest BCUT2D eigenvalue weighted by molar-refractivity contribution is -0.131. The number of nitrogens with two attached hydrogens (primary N) is 1. The van der Waals surface area contributed by atoms with Gasteiger partial charge in [0.25, 0.3) is 0 Å². The topological polar surface area (TPSA) is 67.4 Å². The summed E-state index contributed by atoms with van der Waals surface area (Å²) < 4.78 is 1.79. The van der Waals surface area contributed by atoms with Gasteiger partial charge in [-0.3, -0.25) is 9.48 Å². The van der Waals surface area contributed by atoms with Crippen molar-refractivity contribution in [2.75, 3.05) is 31.1 Å². The first-order valence-electron chi connectivity index (χ1n) is 6.33. The van der Waals surface area contributed by atoms with Gasteiger partial charge in [0.2, 0.25) is 5.91 Å². The number of aromatic nitrogens is 2. The number of amides is 1. The first-order valence-corrected chi connectivity index (χ1v) is 6.33. The molecule has 1 aliphatic heterocycles. The first kappa shape index (κ1) is 19.0. The number of nitrogens with zero attached hydrogens (tertiary/aromatic N) is 4. The summed E-state index contributed by atoms with van der Waals surface area (Å²) in [6, 6.07) is -0.0612. The second-order valence-electron chi connectivity index (χ2n) is 4.92. The average Bonchev–Trinajstić information content (AvgIpc) is 2.75. The zero-order chi connectivity index (χ0) is 13.1. The molecule has 6 nitrogen and oxygen atoms in total. The van der Waals surface area contributed by atoms with E-state index in [4.69, 9.17) is 5.73 Å². The van der Waals surface area contributed by atoms with Crippen molar-refractivity contribution in [3.8, 4) is 0 Å². The fourth-order valence-corrected chi connectivity index (χ4v) is 2.19. The quantitative estimate of drug-likeness (QED) is 0.886. The Kier molecular flexibility index (Phi) is 7.93. The molecule has 1 saturated heterocycles. The van der Waals surface area contributed by atoms with Crippen LogP contribution < -0.4 is 10.6 Å². The number of halogens is 2. The number of anilines is 1. The van der Waals surface area contributed by atoms with Crippen molar-refractivity contribution in [3.05, 3.63) is 12.4 Å². The third kappa shape index (κ3) is 4.85. The Morgan fingerprint density at radius 1 is 1.35 bits per heavy atom. The Morgan fingerprint density at radius 3 is 2.40 bits per heavy atom. The van der Waals surface area contributed by atoms with E-state index in [1.165, 1.54) is 0 Å². The van der Waals surface area contributed by atoms with Crippen LogP contribution in [0.4, 0.5) is 5.69 Å². The Balaban J connectivity index is 0.00000180. The minimum absolute atomic E-state index is 0. The normalized spacial score (nSPS) is 16.1. The highest BCUT2D eigenvalue weighted by atomic mass is 35.5. The Labute approximate surface area is 132 Å². The van der Waals surface area contributed by atoms with Crippen LogP contribution in [-0.2, 0) is 11.8 Å². The highest BCUT2D eigenvalue weighted by molar-refractivity contribution is 5.85. The van der Waals surface area contributed by atoms with E-state index in [1.807, 2.05) is 31.3 Å². The fourth-order valence-electron chi connectivity index (χ4n) is 2.19. The second-order valence-corrected chi connectivity index (χ2v) is 4.92. The van der Waals surface area contributed by atoms with E-state index < -0.39 is 0 Å².